The number of aromatic nitrogens is 3. The van der Waals surface area contributed by atoms with Crippen LogP contribution in [0.15, 0.2) is 53.3 Å². The van der Waals surface area contributed by atoms with Crippen LogP contribution in [0.3, 0.4) is 0 Å². The lowest BCUT2D eigenvalue weighted by Gasteiger charge is -2.31. The lowest BCUT2D eigenvalue weighted by Crippen LogP contribution is -2.36. The van der Waals surface area contributed by atoms with Gasteiger partial charge >= 0.3 is 0 Å². The SMILES string of the molecule is C[C@@H](Nc1ccc(Cl)nc1C(=O)NS(C)(=O)=O)c1cc(F)cc2c(=O)n(C)c(N3CCc4ccccc4C3)nc12. The second-order valence-corrected chi connectivity index (χ2v) is 11.8. The number of fused-ring (bicyclic) bond motifs is 2. The lowest BCUT2D eigenvalue weighted by atomic mass is 10.00. The molecule has 0 radical (unpaired) electrons. The predicted octanol–water partition coefficient (Wildman–Crippen LogP) is 3.55. The molecule has 0 fully saturated rings. The molecule has 0 saturated heterocycles. The number of hydrogen-bond acceptors (Lipinski definition) is 8. The van der Waals surface area contributed by atoms with E-state index in [9.17, 15) is 22.4 Å². The summed E-state index contributed by atoms with van der Waals surface area (Å²) in [6.07, 6.45) is 1.63. The van der Waals surface area contributed by atoms with E-state index in [1.165, 1.54) is 28.3 Å². The molecule has 208 valence electrons. The topological polar surface area (TPSA) is 126 Å². The van der Waals surface area contributed by atoms with Crippen molar-refractivity contribution in [2.24, 2.45) is 7.05 Å². The van der Waals surface area contributed by atoms with Crippen molar-refractivity contribution in [2.75, 3.05) is 23.0 Å². The highest BCUT2D eigenvalue weighted by molar-refractivity contribution is 7.89. The summed E-state index contributed by atoms with van der Waals surface area (Å²) in [4.78, 5) is 36.9. The zero-order valence-corrected chi connectivity index (χ0v) is 23.5. The van der Waals surface area contributed by atoms with Crippen molar-refractivity contribution in [1.29, 1.82) is 0 Å². The molecule has 13 heteroatoms. The highest BCUT2D eigenvalue weighted by Crippen LogP contribution is 2.30. The molecule has 0 bridgehead atoms. The van der Waals surface area contributed by atoms with Gasteiger partial charge in [-0.2, -0.15) is 0 Å². The van der Waals surface area contributed by atoms with E-state index in [0.29, 0.717) is 30.1 Å². The Kier molecular flexibility index (Phi) is 7.23. The third-order valence-electron chi connectivity index (χ3n) is 6.76. The van der Waals surface area contributed by atoms with E-state index in [-0.39, 0.29) is 21.9 Å². The van der Waals surface area contributed by atoms with Crippen LogP contribution in [0.4, 0.5) is 16.0 Å². The molecule has 0 spiro atoms. The van der Waals surface area contributed by atoms with Crippen molar-refractivity contribution in [3.63, 3.8) is 0 Å². The zero-order chi connectivity index (χ0) is 28.8. The molecule has 2 aromatic carbocycles. The average Bonchev–Trinajstić information content (AvgIpc) is 2.90. The number of halogens is 2. The molecule has 1 aliphatic rings. The van der Waals surface area contributed by atoms with Crippen LogP contribution in [-0.2, 0) is 30.0 Å². The molecule has 0 saturated carbocycles. The fraction of sp³-hybridized carbons (Fsp3) is 0.259. The van der Waals surface area contributed by atoms with E-state index in [1.807, 2.05) is 27.8 Å². The molecule has 1 amide bonds. The molecule has 4 aromatic rings. The maximum Gasteiger partial charge on any atom is 0.285 e. The Morgan fingerprint density at radius 3 is 2.58 bits per heavy atom. The Hall–Kier alpha value is -4.03. The zero-order valence-electron chi connectivity index (χ0n) is 21.9. The van der Waals surface area contributed by atoms with Crippen molar-refractivity contribution in [3.8, 4) is 0 Å². The quantitative estimate of drug-likeness (QED) is 0.330. The number of benzene rings is 2. The Morgan fingerprint density at radius 2 is 1.85 bits per heavy atom. The van der Waals surface area contributed by atoms with Gasteiger partial charge in [-0.15, -0.1) is 0 Å². The van der Waals surface area contributed by atoms with Crippen LogP contribution in [0.1, 0.15) is 40.1 Å². The first-order valence-electron chi connectivity index (χ1n) is 12.4. The third kappa shape index (κ3) is 5.50. The maximum atomic E-state index is 14.8. The van der Waals surface area contributed by atoms with Gasteiger partial charge < -0.3 is 10.2 Å². The summed E-state index contributed by atoms with van der Waals surface area (Å²) >= 11 is 5.97. The summed E-state index contributed by atoms with van der Waals surface area (Å²) in [6, 6.07) is 12.8. The molecule has 40 heavy (non-hydrogen) atoms. The van der Waals surface area contributed by atoms with Gasteiger partial charge in [-0.1, -0.05) is 35.9 Å². The molecule has 3 heterocycles. The molecule has 10 nitrogen and oxygen atoms in total. The van der Waals surface area contributed by atoms with E-state index in [1.54, 1.807) is 14.0 Å². The molecular formula is C27H26ClFN6O4S. The highest BCUT2D eigenvalue weighted by Gasteiger charge is 2.24. The van der Waals surface area contributed by atoms with Crippen LogP contribution >= 0.6 is 11.6 Å². The Balaban J connectivity index is 1.56. The van der Waals surface area contributed by atoms with Crippen molar-refractivity contribution in [1.82, 2.24) is 19.3 Å². The number of sulfonamides is 1. The molecule has 2 N–H and O–H groups in total. The van der Waals surface area contributed by atoms with Crippen LogP contribution in [0, 0.1) is 5.82 Å². The minimum Gasteiger partial charge on any atom is -0.377 e. The standard InChI is InChI=1S/C27H26ClFN6O4S/c1-15(30-21-8-9-22(28)31-24(21)25(36)33-40(3,38)39)19-12-18(29)13-20-23(19)32-27(34(2)26(20)37)35-11-10-16-6-4-5-7-17(16)14-35/h4-9,12-13,15,30H,10-11,14H2,1-3H3,(H,33,36)/t15-/m1/s1. The van der Waals surface area contributed by atoms with Gasteiger partial charge in [0.15, 0.2) is 5.69 Å². The lowest BCUT2D eigenvalue weighted by molar-refractivity contribution is 0.0977. The molecule has 5 rings (SSSR count). The number of carbonyl (C=O) groups is 1. The van der Waals surface area contributed by atoms with Crippen molar-refractivity contribution in [2.45, 2.75) is 25.9 Å². The predicted molar refractivity (Wildman–Crippen MR) is 152 cm³/mol. The third-order valence-corrected chi connectivity index (χ3v) is 7.52. The fourth-order valence-corrected chi connectivity index (χ4v) is 5.47. The van der Waals surface area contributed by atoms with Gasteiger partial charge in [-0.05, 0) is 48.7 Å². The second-order valence-electron chi connectivity index (χ2n) is 9.71. The number of carbonyl (C=O) groups excluding carboxylic acids is 1. The summed E-state index contributed by atoms with van der Waals surface area (Å²) < 4.78 is 41.4. The largest absolute Gasteiger partial charge is 0.377 e. The van der Waals surface area contributed by atoms with Gasteiger partial charge in [-0.25, -0.2) is 27.5 Å². The molecule has 1 atom stereocenters. The minimum atomic E-state index is -3.87. The first kappa shape index (κ1) is 27.5. The van der Waals surface area contributed by atoms with Gasteiger partial charge in [0.25, 0.3) is 11.5 Å². The monoisotopic (exact) mass is 584 g/mol. The number of nitrogens with zero attached hydrogens (tertiary/aromatic N) is 4. The van der Waals surface area contributed by atoms with Crippen molar-refractivity contribution in [3.05, 3.63) is 92.2 Å². The van der Waals surface area contributed by atoms with E-state index < -0.39 is 33.3 Å². The van der Waals surface area contributed by atoms with Crippen LogP contribution in [0.2, 0.25) is 5.15 Å². The number of anilines is 2. The Morgan fingerprint density at radius 1 is 1.12 bits per heavy atom. The number of amides is 1. The van der Waals surface area contributed by atoms with Crippen LogP contribution in [0.5, 0.6) is 0 Å². The van der Waals surface area contributed by atoms with Crippen LogP contribution in [-0.4, -0.2) is 41.7 Å². The van der Waals surface area contributed by atoms with Crippen molar-refractivity contribution >= 4 is 50.1 Å². The first-order valence-corrected chi connectivity index (χ1v) is 14.7. The van der Waals surface area contributed by atoms with E-state index >= 15 is 0 Å². The number of nitrogens with one attached hydrogen (secondary N) is 2. The first-order chi connectivity index (χ1) is 18.9. The summed E-state index contributed by atoms with van der Waals surface area (Å²) in [7, 11) is -2.26. The van der Waals surface area contributed by atoms with Gasteiger partial charge in [-0.3, -0.25) is 14.2 Å². The Labute approximate surface area is 234 Å². The average molecular weight is 585 g/mol. The van der Waals surface area contributed by atoms with Crippen LogP contribution < -0.4 is 20.5 Å². The van der Waals surface area contributed by atoms with Crippen molar-refractivity contribution < 1.29 is 17.6 Å². The maximum absolute atomic E-state index is 14.8. The number of rotatable bonds is 6. The summed E-state index contributed by atoms with van der Waals surface area (Å²) in [5.41, 5.74) is 2.57. The van der Waals surface area contributed by atoms with E-state index in [4.69, 9.17) is 16.6 Å². The van der Waals surface area contributed by atoms with Crippen LogP contribution in [0.25, 0.3) is 10.9 Å². The van der Waals surface area contributed by atoms with E-state index in [2.05, 4.69) is 16.4 Å². The normalized spacial score (nSPS) is 14.1. The number of pyridine rings is 1. The second kappa shape index (κ2) is 10.5. The summed E-state index contributed by atoms with van der Waals surface area (Å²) in [5.74, 6) is -1.16. The fourth-order valence-electron chi connectivity index (χ4n) is 4.89. The summed E-state index contributed by atoms with van der Waals surface area (Å²) in [5, 5.41) is 3.17. The van der Waals surface area contributed by atoms with Gasteiger partial charge in [0.1, 0.15) is 11.0 Å². The molecule has 2 aromatic heterocycles. The number of hydrogen-bond donors (Lipinski definition) is 2. The molecule has 1 aliphatic heterocycles. The van der Waals surface area contributed by atoms with Gasteiger partial charge in [0, 0.05) is 25.7 Å². The smallest absolute Gasteiger partial charge is 0.285 e. The summed E-state index contributed by atoms with van der Waals surface area (Å²) in [6.45, 7) is 2.93. The minimum absolute atomic E-state index is 0.0223. The van der Waals surface area contributed by atoms with Gasteiger partial charge in [0.2, 0.25) is 16.0 Å². The molecular weight excluding hydrogens is 559 g/mol. The molecule has 0 aliphatic carbocycles. The molecule has 0 unspecified atom stereocenters. The van der Waals surface area contributed by atoms with E-state index in [0.717, 1.165) is 24.3 Å². The van der Waals surface area contributed by atoms with Gasteiger partial charge in [0.05, 0.1) is 28.9 Å². The highest BCUT2D eigenvalue weighted by atomic mass is 35.5. The Bertz CT molecular complexity index is 1830.